The van der Waals surface area contributed by atoms with Gasteiger partial charge in [-0.2, -0.15) is 0 Å². The average molecular weight is 663 g/mol. The highest BCUT2D eigenvalue weighted by atomic mass is 16.6. The zero-order chi connectivity index (χ0) is 34.8. The molecule has 12 heteroatoms. The van der Waals surface area contributed by atoms with Gasteiger partial charge >= 0.3 is 6.09 Å². The average Bonchev–Trinajstić information content (AvgIpc) is 3.44. The van der Waals surface area contributed by atoms with Gasteiger partial charge < -0.3 is 36.2 Å². The van der Waals surface area contributed by atoms with Crippen molar-refractivity contribution in [1.29, 1.82) is 0 Å². The van der Waals surface area contributed by atoms with Crippen LogP contribution < -0.4 is 26.6 Å². The molecule has 2 saturated heterocycles. The third kappa shape index (κ3) is 9.56. The number of nitrogens with zero attached hydrogens (tertiary/aromatic N) is 1. The van der Waals surface area contributed by atoms with Crippen LogP contribution in [-0.2, 0) is 23.9 Å². The Morgan fingerprint density at radius 2 is 1.50 bits per heavy atom. The van der Waals surface area contributed by atoms with Crippen LogP contribution in [0.25, 0.3) is 0 Å². The molecule has 5 atom stereocenters. The van der Waals surface area contributed by atoms with Gasteiger partial charge in [0.05, 0.1) is 18.6 Å². The maximum atomic E-state index is 14.4. The Bertz CT molecular complexity index is 1370. The van der Waals surface area contributed by atoms with Crippen molar-refractivity contribution in [3.63, 3.8) is 0 Å². The first-order valence-electron chi connectivity index (χ1n) is 16.9. The lowest BCUT2D eigenvalue weighted by atomic mass is 9.92. The minimum Gasteiger partial charge on any atom is -0.444 e. The first-order chi connectivity index (χ1) is 22.9. The standard InChI is InChI=1S/C36H50N6O6/c1-6-27(37-5)32(44)41-31-25(21-38-29(43)22-39-35(47)48-36(2,3)4)17-18-26-19-20-28(42(26)34(31)46)33(45)40-30(23-13-9-7-10-14-23)24-15-11-8-12-16-24/h7-16,25-28,30-31,37H,6,17-22H2,1-5H3,(H,38,43)(H,39,47)(H,40,45)(H,41,44)/t25-,26+,27?,28+,31+/m1/s1. The molecular formula is C36H50N6O6. The highest BCUT2D eigenvalue weighted by Gasteiger charge is 2.48. The van der Waals surface area contributed by atoms with E-state index in [4.69, 9.17) is 4.74 Å². The van der Waals surface area contributed by atoms with Gasteiger partial charge in [-0.1, -0.05) is 67.6 Å². The molecule has 2 aliphatic heterocycles. The van der Waals surface area contributed by atoms with Gasteiger partial charge in [0.1, 0.15) is 17.7 Å². The van der Waals surface area contributed by atoms with Crippen LogP contribution in [0.15, 0.2) is 60.7 Å². The molecule has 0 radical (unpaired) electrons. The number of amides is 5. The topological polar surface area (TPSA) is 158 Å². The van der Waals surface area contributed by atoms with E-state index < -0.39 is 47.7 Å². The molecule has 2 aromatic carbocycles. The summed E-state index contributed by atoms with van der Waals surface area (Å²) in [5.41, 5.74) is 1.14. The number of rotatable bonds is 12. The molecule has 5 N–H and O–H groups in total. The second-order valence-electron chi connectivity index (χ2n) is 13.5. The van der Waals surface area contributed by atoms with Crippen molar-refractivity contribution in [3.05, 3.63) is 71.8 Å². The Balaban J connectivity index is 1.52. The smallest absolute Gasteiger partial charge is 0.408 e. The number of carbonyl (C=O) groups excluding carboxylic acids is 5. The number of nitrogens with one attached hydrogen (secondary N) is 5. The molecule has 2 aromatic rings. The fourth-order valence-corrected chi connectivity index (χ4v) is 6.53. The van der Waals surface area contributed by atoms with E-state index in [1.54, 1.807) is 32.7 Å². The van der Waals surface area contributed by atoms with Gasteiger partial charge in [-0.05, 0) is 71.0 Å². The largest absolute Gasteiger partial charge is 0.444 e. The van der Waals surface area contributed by atoms with Gasteiger partial charge in [-0.25, -0.2) is 4.79 Å². The fraction of sp³-hybridized carbons (Fsp3) is 0.528. The summed E-state index contributed by atoms with van der Waals surface area (Å²) in [6.45, 7) is 6.86. The van der Waals surface area contributed by atoms with Crippen LogP contribution >= 0.6 is 0 Å². The van der Waals surface area contributed by atoms with E-state index in [1.165, 1.54) is 0 Å². The number of likely N-dealkylation sites (N-methyl/N-ethyl adjacent to an activating group) is 1. The molecule has 0 aliphatic carbocycles. The molecule has 48 heavy (non-hydrogen) atoms. The number of fused-ring (bicyclic) bond motifs is 1. The number of carbonyl (C=O) groups is 5. The zero-order valence-corrected chi connectivity index (χ0v) is 28.6. The Kier molecular flexibility index (Phi) is 12.6. The van der Waals surface area contributed by atoms with Crippen LogP contribution in [0.2, 0.25) is 0 Å². The summed E-state index contributed by atoms with van der Waals surface area (Å²) >= 11 is 0. The summed E-state index contributed by atoms with van der Waals surface area (Å²) in [6.07, 6.45) is 2.11. The first-order valence-corrected chi connectivity index (χ1v) is 16.9. The molecule has 12 nitrogen and oxygen atoms in total. The molecule has 1 unspecified atom stereocenters. The molecule has 260 valence electrons. The van der Waals surface area contributed by atoms with Crippen molar-refractivity contribution in [3.8, 4) is 0 Å². The van der Waals surface area contributed by atoms with Crippen LogP contribution in [0.4, 0.5) is 4.79 Å². The first kappa shape index (κ1) is 36.4. The summed E-state index contributed by atoms with van der Waals surface area (Å²) in [4.78, 5) is 68.2. The van der Waals surface area contributed by atoms with Crippen molar-refractivity contribution in [1.82, 2.24) is 31.5 Å². The maximum Gasteiger partial charge on any atom is 0.408 e. The predicted octanol–water partition coefficient (Wildman–Crippen LogP) is 2.79. The van der Waals surface area contributed by atoms with Crippen molar-refractivity contribution in [2.24, 2.45) is 5.92 Å². The number of benzene rings is 2. The molecule has 0 aromatic heterocycles. The van der Waals surface area contributed by atoms with E-state index in [0.29, 0.717) is 32.1 Å². The number of hydrogen-bond acceptors (Lipinski definition) is 7. The number of alkyl carbamates (subject to hydrolysis) is 1. The van der Waals surface area contributed by atoms with E-state index in [2.05, 4.69) is 26.6 Å². The van der Waals surface area contributed by atoms with Crippen LogP contribution in [0.3, 0.4) is 0 Å². The van der Waals surface area contributed by atoms with Gasteiger partial charge in [0, 0.05) is 18.5 Å². The van der Waals surface area contributed by atoms with E-state index in [-0.39, 0.29) is 36.9 Å². The SMILES string of the molecule is CCC(NC)C(=O)N[C@@H]1C(=O)N2[C@@H](CC[C@@H]1CNC(=O)CNC(=O)OC(C)(C)C)CC[C@H]2C(=O)NC(c1ccccc1)c1ccccc1. The van der Waals surface area contributed by atoms with Crippen LogP contribution in [-0.4, -0.2) is 84.5 Å². The van der Waals surface area contributed by atoms with Gasteiger partial charge in [0.15, 0.2) is 0 Å². The highest BCUT2D eigenvalue weighted by molar-refractivity contribution is 5.94. The molecule has 0 saturated carbocycles. The van der Waals surface area contributed by atoms with E-state index in [0.717, 1.165) is 11.1 Å². The van der Waals surface area contributed by atoms with E-state index >= 15 is 0 Å². The summed E-state index contributed by atoms with van der Waals surface area (Å²) in [5.74, 6) is -1.80. The molecule has 5 amide bonds. The Labute approximate surface area is 283 Å². The van der Waals surface area contributed by atoms with Gasteiger partial charge in [0.25, 0.3) is 0 Å². The molecule has 4 rings (SSSR count). The van der Waals surface area contributed by atoms with Crippen molar-refractivity contribution in [2.45, 2.75) is 95.6 Å². The lowest BCUT2D eigenvalue weighted by molar-refractivity contribution is -0.143. The van der Waals surface area contributed by atoms with Crippen LogP contribution in [0.5, 0.6) is 0 Å². The Morgan fingerprint density at radius 3 is 2.06 bits per heavy atom. The summed E-state index contributed by atoms with van der Waals surface area (Å²) in [7, 11) is 1.69. The minimum atomic E-state index is -0.962. The number of hydrogen-bond donors (Lipinski definition) is 5. The van der Waals surface area contributed by atoms with Gasteiger partial charge in [-0.3, -0.25) is 19.2 Å². The van der Waals surface area contributed by atoms with Crippen LogP contribution in [0, 0.1) is 5.92 Å². The molecular weight excluding hydrogens is 612 g/mol. The lowest BCUT2D eigenvalue weighted by Gasteiger charge is -2.33. The number of ether oxygens (including phenoxy) is 1. The molecule has 0 bridgehead atoms. The summed E-state index contributed by atoms with van der Waals surface area (Å²) in [5, 5.41) is 14.4. The molecule has 0 spiro atoms. The fourth-order valence-electron chi connectivity index (χ4n) is 6.53. The summed E-state index contributed by atoms with van der Waals surface area (Å²) < 4.78 is 5.20. The van der Waals surface area contributed by atoms with Gasteiger partial charge in [0.2, 0.25) is 23.6 Å². The second-order valence-corrected chi connectivity index (χ2v) is 13.5. The summed E-state index contributed by atoms with van der Waals surface area (Å²) in [6, 6.07) is 16.6. The maximum absolute atomic E-state index is 14.4. The Hall–Kier alpha value is -4.45. The lowest BCUT2D eigenvalue weighted by Crippen LogP contribution is -2.59. The predicted molar refractivity (Wildman–Crippen MR) is 182 cm³/mol. The quantitative estimate of drug-likeness (QED) is 0.234. The zero-order valence-electron chi connectivity index (χ0n) is 28.6. The molecule has 2 heterocycles. The van der Waals surface area contributed by atoms with Crippen LogP contribution in [0.1, 0.15) is 77.0 Å². The van der Waals surface area contributed by atoms with Crippen molar-refractivity contribution >= 4 is 29.7 Å². The monoisotopic (exact) mass is 662 g/mol. The third-order valence-corrected chi connectivity index (χ3v) is 8.94. The Morgan fingerprint density at radius 1 is 0.896 bits per heavy atom. The second kappa shape index (κ2) is 16.6. The van der Waals surface area contributed by atoms with Crippen molar-refractivity contribution < 1.29 is 28.7 Å². The van der Waals surface area contributed by atoms with Gasteiger partial charge in [-0.15, -0.1) is 0 Å². The molecule has 2 aliphatic rings. The normalized spacial score (nSPS) is 21.5. The van der Waals surface area contributed by atoms with E-state index in [1.807, 2.05) is 67.6 Å². The van der Waals surface area contributed by atoms with E-state index in [9.17, 15) is 24.0 Å². The highest BCUT2D eigenvalue weighted by Crippen LogP contribution is 2.35. The molecule has 2 fully saturated rings. The third-order valence-electron chi connectivity index (χ3n) is 8.94. The minimum absolute atomic E-state index is 0.101. The van der Waals surface area contributed by atoms with Crippen molar-refractivity contribution in [2.75, 3.05) is 20.1 Å².